The van der Waals surface area contributed by atoms with Crippen molar-refractivity contribution in [2.24, 2.45) is 5.73 Å². The summed E-state index contributed by atoms with van der Waals surface area (Å²) in [5.41, 5.74) is 5.10. The molecule has 1 rings (SSSR count). The van der Waals surface area contributed by atoms with E-state index >= 15 is 0 Å². The van der Waals surface area contributed by atoms with Crippen molar-refractivity contribution in [2.75, 3.05) is 20.1 Å². The Balaban J connectivity index is 2.81. The van der Waals surface area contributed by atoms with Gasteiger partial charge in [0.15, 0.2) is 0 Å². The maximum atomic E-state index is 12.1. The number of hydrogen-bond acceptors (Lipinski definition) is 3. The standard InChI is InChI=1S/C11H21N3OS/c1-8(7-9(12)16)14-6-5-13(4)10(15)11(14,2)3/h8H,5-7H2,1-4H3,(H2,12,16). The van der Waals surface area contributed by atoms with E-state index in [1.54, 1.807) is 4.90 Å². The minimum absolute atomic E-state index is 0.161. The van der Waals surface area contributed by atoms with Gasteiger partial charge in [0.1, 0.15) is 0 Å². The summed E-state index contributed by atoms with van der Waals surface area (Å²) in [7, 11) is 1.85. The molecule has 5 heteroatoms. The zero-order valence-electron chi connectivity index (χ0n) is 10.5. The third kappa shape index (κ3) is 2.52. The number of carbonyl (C=O) groups is 1. The van der Waals surface area contributed by atoms with Crippen molar-refractivity contribution < 1.29 is 4.79 Å². The molecule has 4 nitrogen and oxygen atoms in total. The van der Waals surface area contributed by atoms with Gasteiger partial charge in [0.2, 0.25) is 5.91 Å². The number of hydrogen-bond donors (Lipinski definition) is 1. The van der Waals surface area contributed by atoms with E-state index in [9.17, 15) is 4.79 Å². The first kappa shape index (κ1) is 13.4. The fourth-order valence-electron chi connectivity index (χ4n) is 2.40. The molecule has 0 aromatic rings. The van der Waals surface area contributed by atoms with Gasteiger partial charge >= 0.3 is 0 Å². The fourth-order valence-corrected chi connectivity index (χ4v) is 2.64. The number of carbonyl (C=O) groups excluding carboxylic acids is 1. The first-order valence-corrected chi connectivity index (χ1v) is 5.98. The molecule has 0 saturated carbocycles. The van der Waals surface area contributed by atoms with E-state index in [4.69, 9.17) is 18.0 Å². The molecule has 1 atom stereocenters. The number of nitrogens with zero attached hydrogens (tertiary/aromatic N) is 2. The van der Waals surface area contributed by atoms with Gasteiger partial charge in [0, 0.05) is 32.6 Å². The van der Waals surface area contributed by atoms with Crippen LogP contribution >= 0.6 is 12.2 Å². The average Bonchev–Trinajstić information content (AvgIpc) is 2.13. The summed E-state index contributed by atoms with van der Waals surface area (Å²) in [5.74, 6) is 0.161. The van der Waals surface area contributed by atoms with E-state index in [0.29, 0.717) is 11.4 Å². The summed E-state index contributed by atoms with van der Waals surface area (Å²) in [5, 5.41) is 0. The summed E-state index contributed by atoms with van der Waals surface area (Å²) in [4.78, 5) is 16.5. The Hall–Kier alpha value is -0.680. The predicted octanol–water partition coefficient (Wildman–Crippen LogP) is 0.604. The van der Waals surface area contributed by atoms with E-state index in [1.807, 2.05) is 20.9 Å². The number of amides is 1. The van der Waals surface area contributed by atoms with Crippen molar-refractivity contribution in [3.8, 4) is 0 Å². The summed E-state index contributed by atoms with van der Waals surface area (Å²) in [6.07, 6.45) is 0.662. The number of rotatable bonds is 3. The molecule has 0 aliphatic carbocycles. The summed E-state index contributed by atoms with van der Waals surface area (Å²) >= 11 is 4.92. The van der Waals surface area contributed by atoms with Gasteiger partial charge in [-0.25, -0.2) is 0 Å². The van der Waals surface area contributed by atoms with Crippen molar-refractivity contribution in [3.05, 3.63) is 0 Å². The lowest BCUT2D eigenvalue weighted by atomic mass is 9.95. The Bertz CT molecular complexity index is 304. The molecule has 1 amide bonds. The van der Waals surface area contributed by atoms with E-state index in [2.05, 4.69) is 11.8 Å². The molecule has 16 heavy (non-hydrogen) atoms. The smallest absolute Gasteiger partial charge is 0.242 e. The molecule has 2 N–H and O–H groups in total. The number of likely N-dealkylation sites (N-methyl/N-ethyl adjacent to an activating group) is 1. The Labute approximate surface area is 103 Å². The summed E-state index contributed by atoms with van der Waals surface area (Å²) in [6.45, 7) is 7.63. The van der Waals surface area contributed by atoms with Crippen LogP contribution in [0.4, 0.5) is 0 Å². The van der Waals surface area contributed by atoms with Crippen LogP contribution in [0.15, 0.2) is 0 Å². The zero-order valence-corrected chi connectivity index (χ0v) is 11.3. The van der Waals surface area contributed by atoms with Gasteiger partial charge in [0.25, 0.3) is 0 Å². The molecule has 1 saturated heterocycles. The minimum Gasteiger partial charge on any atom is -0.393 e. The molecule has 1 fully saturated rings. The minimum atomic E-state index is -0.461. The normalized spacial score (nSPS) is 23.2. The molecule has 0 aromatic carbocycles. The Morgan fingerprint density at radius 2 is 2.12 bits per heavy atom. The highest BCUT2D eigenvalue weighted by Gasteiger charge is 2.42. The first-order valence-electron chi connectivity index (χ1n) is 5.57. The van der Waals surface area contributed by atoms with Gasteiger partial charge in [-0.3, -0.25) is 9.69 Å². The Morgan fingerprint density at radius 3 is 2.62 bits per heavy atom. The van der Waals surface area contributed by atoms with Crippen molar-refractivity contribution in [2.45, 2.75) is 38.8 Å². The fraction of sp³-hybridized carbons (Fsp3) is 0.818. The van der Waals surface area contributed by atoms with Crippen LogP contribution in [0.3, 0.4) is 0 Å². The third-order valence-corrected chi connectivity index (χ3v) is 3.46. The van der Waals surface area contributed by atoms with E-state index in [1.165, 1.54) is 0 Å². The van der Waals surface area contributed by atoms with E-state index < -0.39 is 5.54 Å². The second kappa shape index (κ2) is 4.67. The zero-order chi connectivity index (χ0) is 12.5. The summed E-state index contributed by atoms with van der Waals surface area (Å²) < 4.78 is 0. The van der Waals surface area contributed by atoms with Gasteiger partial charge in [-0.2, -0.15) is 0 Å². The van der Waals surface area contributed by atoms with Crippen LogP contribution in [0.1, 0.15) is 27.2 Å². The Kier molecular flexibility index (Phi) is 3.91. The van der Waals surface area contributed by atoms with E-state index in [0.717, 1.165) is 13.1 Å². The maximum absolute atomic E-state index is 12.1. The number of thiocarbonyl (C=S) groups is 1. The highest BCUT2D eigenvalue weighted by Crippen LogP contribution is 2.25. The number of nitrogens with two attached hydrogens (primary N) is 1. The molecule has 1 aliphatic rings. The van der Waals surface area contributed by atoms with Crippen LogP contribution in [-0.2, 0) is 4.79 Å². The lowest BCUT2D eigenvalue weighted by Crippen LogP contribution is -2.64. The molecule has 1 heterocycles. The molecule has 1 unspecified atom stereocenters. The SMILES string of the molecule is CC(CC(N)=S)N1CCN(C)C(=O)C1(C)C. The van der Waals surface area contributed by atoms with Gasteiger partial charge in [-0.05, 0) is 20.8 Å². The highest BCUT2D eigenvalue weighted by atomic mass is 32.1. The van der Waals surface area contributed by atoms with Gasteiger partial charge in [-0.1, -0.05) is 12.2 Å². The topological polar surface area (TPSA) is 49.6 Å². The lowest BCUT2D eigenvalue weighted by molar-refractivity contribution is -0.149. The van der Waals surface area contributed by atoms with Gasteiger partial charge in [0.05, 0.1) is 10.5 Å². The van der Waals surface area contributed by atoms with Crippen molar-refractivity contribution in [1.29, 1.82) is 0 Å². The molecule has 0 bridgehead atoms. The third-order valence-electron chi connectivity index (χ3n) is 3.29. The summed E-state index contributed by atoms with van der Waals surface area (Å²) in [6, 6.07) is 0.213. The molecule has 0 spiro atoms. The highest BCUT2D eigenvalue weighted by molar-refractivity contribution is 7.80. The van der Waals surface area contributed by atoms with Crippen LogP contribution < -0.4 is 5.73 Å². The van der Waals surface area contributed by atoms with Crippen molar-refractivity contribution in [1.82, 2.24) is 9.80 Å². The van der Waals surface area contributed by atoms with Crippen molar-refractivity contribution >= 4 is 23.1 Å². The molecular formula is C11H21N3OS. The Morgan fingerprint density at radius 1 is 1.56 bits per heavy atom. The van der Waals surface area contributed by atoms with E-state index in [-0.39, 0.29) is 11.9 Å². The van der Waals surface area contributed by atoms with Crippen molar-refractivity contribution in [3.63, 3.8) is 0 Å². The average molecular weight is 243 g/mol. The lowest BCUT2D eigenvalue weighted by Gasteiger charge is -2.47. The molecule has 0 aromatic heterocycles. The quantitative estimate of drug-likeness (QED) is 0.738. The molecule has 1 aliphatic heterocycles. The van der Waals surface area contributed by atoms with Gasteiger partial charge < -0.3 is 10.6 Å². The molecule has 0 radical (unpaired) electrons. The maximum Gasteiger partial charge on any atom is 0.242 e. The van der Waals surface area contributed by atoms with Crippen LogP contribution in [-0.4, -0.2) is 52.4 Å². The predicted molar refractivity (Wildman–Crippen MR) is 69.3 cm³/mol. The monoisotopic (exact) mass is 243 g/mol. The molecule has 92 valence electrons. The van der Waals surface area contributed by atoms with Crippen LogP contribution in [0, 0.1) is 0 Å². The first-order chi connectivity index (χ1) is 7.26. The largest absolute Gasteiger partial charge is 0.393 e. The van der Waals surface area contributed by atoms with Crippen LogP contribution in [0.2, 0.25) is 0 Å². The molecular weight excluding hydrogens is 222 g/mol. The number of piperazine rings is 1. The second-order valence-corrected chi connectivity index (χ2v) is 5.52. The van der Waals surface area contributed by atoms with Crippen LogP contribution in [0.25, 0.3) is 0 Å². The second-order valence-electron chi connectivity index (χ2n) is 5.00. The van der Waals surface area contributed by atoms with Gasteiger partial charge in [-0.15, -0.1) is 0 Å². The van der Waals surface area contributed by atoms with Crippen LogP contribution in [0.5, 0.6) is 0 Å².